The van der Waals surface area contributed by atoms with Crippen molar-refractivity contribution in [2.24, 2.45) is 0 Å². The largest absolute Gasteiger partial charge is 0.507 e. The van der Waals surface area contributed by atoms with Crippen molar-refractivity contribution in [2.75, 3.05) is 32.7 Å². The molecule has 1 aliphatic heterocycles. The Morgan fingerprint density at radius 1 is 1.04 bits per heavy atom. The Morgan fingerprint density at radius 2 is 1.85 bits per heavy atom. The number of aromatic hydroxyl groups is 1. The third-order valence-electron chi connectivity index (χ3n) is 4.85. The summed E-state index contributed by atoms with van der Waals surface area (Å²) in [6.45, 7) is 4.41. The average molecular weight is 417 g/mol. The van der Waals surface area contributed by atoms with E-state index in [0.717, 1.165) is 49.9 Å². The highest BCUT2D eigenvalue weighted by atomic mass is 79.9. The zero-order valence-electron chi connectivity index (χ0n) is 14.9. The zero-order valence-corrected chi connectivity index (χ0v) is 16.5. The molecular formula is C21H25BrN2O2. The van der Waals surface area contributed by atoms with Gasteiger partial charge in [0, 0.05) is 24.1 Å². The molecule has 1 N–H and O–H groups in total. The summed E-state index contributed by atoms with van der Waals surface area (Å²) in [6, 6.07) is 15.6. The van der Waals surface area contributed by atoms with Crippen LogP contribution in [0.4, 0.5) is 0 Å². The SMILES string of the molecule is O=C(c1ccc(Br)cc1O)N1CCCN(CCCc2ccccc2)CC1. The van der Waals surface area contributed by atoms with Crippen molar-refractivity contribution in [1.29, 1.82) is 0 Å². The highest BCUT2D eigenvalue weighted by Gasteiger charge is 2.22. The lowest BCUT2D eigenvalue weighted by Crippen LogP contribution is -2.35. The van der Waals surface area contributed by atoms with E-state index in [0.29, 0.717) is 12.1 Å². The molecule has 0 aliphatic carbocycles. The molecular weight excluding hydrogens is 392 g/mol. The Labute approximate surface area is 163 Å². The predicted molar refractivity (Wildman–Crippen MR) is 108 cm³/mol. The van der Waals surface area contributed by atoms with E-state index >= 15 is 0 Å². The number of carbonyl (C=O) groups excluding carboxylic acids is 1. The topological polar surface area (TPSA) is 43.8 Å². The molecule has 0 unspecified atom stereocenters. The molecule has 5 heteroatoms. The number of phenolic OH excluding ortho intramolecular Hbond substituents is 1. The minimum Gasteiger partial charge on any atom is -0.507 e. The van der Waals surface area contributed by atoms with Gasteiger partial charge in [-0.25, -0.2) is 0 Å². The maximum absolute atomic E-state index is 12.7. The first-order chi connectivity index (χ1) is 12.6. The molecule has 0 aromatic heterocycles. The number of halogens is 1. The van der Waals surface area contributed by atoms with Crippen LogP contribution in [0.3, 0.4) is 0 Å². The quantitative estimate of drug-likeness (QED) is 0.802. The average Bonchev–Trinajstić information content (AvgIpc) is 2.88. The van der Waals surface area contributed by atoms with Crippen LogP contribution in [0.1, 0.15) is 28.8 Å². The Kier molecular flexibility index (Phi) is 6.69. The van der Waals surface area contributed by atoms with Crippen molar-refractivity contribution < 1.29 is 9.90 Å². The second-order valence-electron chi connectivity index (χ2n) is 6.74. The van der Waals surface area contributed by atoms with Gasteiger partial charge in [-0.1, -0.05) is 46.3 Å². The van der Waals surface area contributed by atoms with Gasteiger partial charge in [-0.15, -0.1) is 0 Å². The highest BCUT2D eigenvalue weighted by Crippen LogP contribution is 2.24. The second-order valence-corrected chi connectivity index (χ2v) is 7.65. The third kappa shape index (κ3) is 5.08. The van der Waals surface area contributed by atoms with Gasteiger partial charge in [0.15, 0.2) is 0 Å². The molecule has 1 heterocycles. The molecule has 2 aromatic carbocycles. The zero-order chi connectivity index (χ0) is 18.4. The molecule has 0 atom stereocenters. The second kappa shape index (κ2) is 9.19. The molecule has 26 heavy (non-hydrogen) atoms. The Bertz CT molecular complexity index is 736. The molecule has 4 nitrogen and oxygen atoms in total. The number of rotatable bonds is 5. The number of benzene rings is 2. The fourth-order valence-electron chi connectivity index (χ4n) is 3.41. The van der Waals surface area contributed by atoms with Gasteiger partial charge >= 0.3 is 0 Å². The predicted octanol–water partition coefficient (Wildman–Crippen LogP) is 3.94. The minimum absolute atomic E-state index is 0.0355. The fraction of sp³-hybridized carbons (Fsp3) is 0.381. The number of aryl methyl sites for hydroxylation is 1. The molecule has 0 spiro atoms. The van der Waals surface area contributed by atoms with Crippen LogP contribution in [-0.2, 0) is 6.42 Å². The van der Waals surface area contributed by atoms with Gasteiger partial charge < -0.3 is 14.9 Å². The molecule has 1 saturated heterocycles. The third-order valence-corrected chi connectivity index (χ3v) is 5.34. The van der Waals surface area contributed by atoms with E-state index in [1.807, 2.05) is 11.0 Å². The molecule has 0 radical (unpaired) electrons. The summed E-state index contributed by atoms with van der Waals surface area (Å²) in [5, 5.41) is 10.1. The van der Waals surface area contributed by atoms with E-state index in [9.17, 15) is 9.90 Å². The summed E-state index contributed by atoms with van der Waals surface area (Å²) < 4.78 is 0.770. The Morgan fingerprint density at radius 3 is 2.62 bits per heavy atom. The number of nitrogens with zero attached hydrogens (tertiary/aromatic N) is 2. The molecule has 0 saturated carbocycles. The summed E-state index contributed by atoms with van der Waals surface area (Å²) >= 11 is 3.31. The van der Waals surface area contributed by atoms with Gasteiger partial charge in [0.25, 0.3) is 5.91 Å². The summed E-state index contributed by atoms with van der Waals surface area (Å²) in [5.41, 5.74) is 1.76. The molecule has 3 rings (SSSR count). The van der Waals surface area contributed by atoms with E-state index in [-0.39, 0.29) is 11.7 Å². The van der Waals surface area contributed by atoms with Crippen LogP contribution in [0.25, 0.3) is 0 Å². The van der Waals surface area contributed by atoms with Gasteiger partial charge in [-0.2, -0.15) is 0 Å². The van der Waals surface area contributed by atoms with Crippen LogP contribution >= 0.6 is 15.9 Å². The van der Waals surface area contributed by atoms with Gasteiger partial charge in [0.1, 0.15) is 5.75 Å². The highest BCUT2D eigenvalue weighted by molar-refractivity contribution is 9.10. The van der Waals surface area contributed by atoms with Crippen LogP contribution in [0.5, 0.6) is 5.75 Å². The number of hydrogen-bond donors (Lipinski definition) is 1. The Balaban J connectivity index is 1.50. The van der Waals surface area contributed by atoms with E-state index in [2.05, 4.69) is 45.1 Å². The molecule has 138 valence electrons. The summed E-state index contributed by atoms with van der Waals surface area (Å²) in [5.74, 6) is -0.0468. The summed E-state index contributed by atoms with van der Waals surface area (Å²) in [6.07, 6.45) is 3.19. The number of hydrogen-bond acceptors (Lipinski definition) is 3. The van der Waals surface area contributed by atoms with E-state index in [4.69, 9.17) is 0 Å². The summed E-state index contributed by atoms with van der Waals surface area (Å²) in [4.78, 5) is 17.0. The lowest BCUT2D eigenvalue weighted by atomic mass is 10.1. The molecule has 1 amide bonds. The van der Waals surface area contributed by atoms with Crippen LogP contribution in [-0.4, -0.2) is 53.5 Å². The molecule has 1 fully saturated rings. The molecule has 2 aromatic rings. The van der Waals surface area contributed by atoms with Crippen molar-refractivity contribution in [3.8, 4) is 5.75 Å². The van der Waals surface area contributed by atoms with Crippen molar-refractivity contribution in [3.63, 3.8) is 0 Å². The lowest BCUT2D eigenvalue weighted by molar-refractivity contribution is 0.0758. The smallest absolute Gasteiger partial charge is 0.257 e. The maximum Gasteiger partial charge on any atom is 0.257 e. The number of phenols is 1. The van der Waals surface area contributed by atoms with Crippen molar-refractivity contribution in [2.45, 2.75) is 19.3 Å². The first kappa shape index (κ1) is 18.9. The summed E-state index contributed by atoms with van der Waals surface area (Å²) in [7, 11) is 0. The van der Waals surface area contributed by atoms with E-state index in [1.54, 1.807) is 18.2 Å². The van der Waals surface area contributed by atoms with Crippen molar-refractivity contribution in [3.05, 3.63) is 64.1 Å². The van der Waals surface area contributed by atoms with Crippen molar-refractivity contribution in [1.82, 2.24) is 9.80 Å². The van der Waals surface area contributed by atoms with Gasteiger partial charge in [-0.3, -0.25) is 4.79 Å². The van der Waals surface area contributed by atoms with Gasteiger partial charge in [-0.05, 0) is 56.1 Å². The van der Waals surface area contributed by atoms with Crippen molar-refractivity contribution >= 4 is 21.8 Å². The van der Waals surface area contributed by atoms with E-state index in [1.165, 1.54) is 5.56 Å². The van der Waals surface area contributed by atoms with Crippen LogP contribution in [0.15, 0.2) is 53.0 Å². The van der Waals surface area contributed by atoms with Crippen LogP contribution in [0.2, 0.25) is 0 Å². The van der Waals surface area contributed by atoms with Crippen LogP contribution in [0, 0.1) is 0 Å². The number of carbonyl (C=O) groups is 1. The monoisotopic (exact) mass is 416 g/mol. The Hall–Kier alpha value is -1.85. The standard InChI is InChI=1S/C21H25BrN2O2/c22-18-9-10-19(20(25)16-18)21(26)24-13-5-12-23(14-15-24)11-4-8-17-6-2-1-3-7-17/h1-3,6-7,9-10,16,25H,4-5,8,11-15H2. The number of amides is 1. The first-order valence-electron chi connectivity index (χ1n) is 9.17. The minimum atomic E-state index is -0.0823. The fourth-order valence-corrected chi connectivity index (χ4v) is 3.75. The molecule has 1 aliphatic rings. The first-order valence-corrected chi connectivity index (χ1v) is 9.97. The normalized spacial score (nSPS) is 15.7. The maximum atomic E-state index is 12.7. The van der Waals surface area contributed by atoms with E-state index < -0.39 is 0 Å². The van der Waals surface area contributed by atoms with Crippen LogP contribution < -0.4 is 0 Å². The molecule has 0 bridgehead atoms. The lowest BCUT2D eigenvalue weighted by Gasteiger charge is -2.22. The van der Waals surface area contributed by atoms with Gasteiger partial charge in [0.2, 0.25) is 0 Å². The van der Waals surface area contributed by atoms with Gasteiger partial charge in [0.05, 0.1) is 5.56 Å².